The van der Waals surface area contributed by atoms with Gasteiger partial charge in [-0.05, 0) is 63.7 Å². The van der Waals surface area contributed by atoms with Crippen LogP contribution >= 0.6 is 0 Å². The van der Waals surface area contributed by atoms with Crippen LogP contribution in [0.3, 0.4) is 0 Å². The molecule has 1 aromatic carbocycles. The summed E-state index contributed by atoms with van der Waals surface area (Å²) in [6, 6.07) is 3.21. The van der Waals surface area contributed by atoms with Crippen molar-refractivity contribution >= 4 is 16.6 Å². The van der Waals surface area contributed by atoms with Crippen molar-refractivity contribution in [3.05, 3.63) is 23.4 Å². The number of nitrogens with zero attached hydrogens (tertiary/aromatic N) is 1. The van der Waals surface area contributed by atoms with Gasteiger partial charge in [0.05, 0.1) is 5.52 Å². The minimum Gasteiger partial charge on any atom is -0.504 e. The molecule has 4 rings (SSSR count). The van der Waals surface area contributed by atoms with Crippen LogP contribution in [0, 0.1) is 0 Å². The summed E-state index contributed by atoms with van der Waals surface area (Å²) in [5, 5.41) is 27.8. The monoisotopic (exact) mass is 313 g/mol. The Labute approximate surface area is 135 Å². The summed E-state index contributed by atoms with van der Waals surface area (Å²) in [6.07, 6.45) is 5.26. The Kier molecular flexibility index (Phi) is 3.34. The van der Waals surface area contributed by atoms with E-state index in [2.05, 4.69) is 17.6 Å². The van der Waals surface area contributed by atoms with Crippen molar-refractivity contribution in [2.45, 2.75) is 44.6 Å². The lowest BCUT2D eigenvalue weighted by molar-refractivity contribution is 0.365. The summed E-state index contributed by atoms with van der Waals surface area (Å²) >= 11 is 0. The number of piperidine rings is 1. The van der Waals surface area contributed by atoms with E-state index in [9.17, 15) is 10.2 Å². The molecule has 1 fully saturated rings. The molecule has 2 heterocycles. The van der Waals surface area contributed by atoms with E-state index >= 15 is 0 Å². The number of phenolic OH excluding ortho intramolecular Hbond substituents is 2. The number of aromatic hydroxyl groups is 2. The molecule has 0 saturated carbocycles. The number of anilines is 1. The van der Waals surface area contributed by atoms with E-state index in [0.717, 1.165) is 67.5 Å². The minimum absolute atomic E-state index is 0.0450. The van der Waals surface area contributed by atoms with Crippen LogP contribution in [0.2, 0.25) is 0 Å². The van der Waals surface area contributed by atoms with Gasteiger partial charge in [0.15, 0.2) is 11.5 Å². The second-order valence-corrected chi connectivity index (χ2v) is 7.06. The summed E-state index contributed by atoms with van der Waals surface area (Å²) < 4.78 is 0. The number of hydrogen-bond acceptors (Lipinski definition) is 5. The quantitative estimate of drug-likeness (QED) is 0.641. The predicted molar refractivity (Wildman–Crippen MR) is 91.2 cm³/mol. The molecule has 0 bridgehead atoms. The maximum Gasteiger partial charge on any atom is 0.159 e. The van der Waals surface area contributed by atoms with Crippen molar-refractivity contribution in [2.75, 3.05) is 18.4 Å². The molecule has 2 aliphatic rings. The molecule has 1 aliphatic carbocycles. The molecular formula is C18H23N3O2. The average molecular weight is 313 g/mol. The molecule has 1 aliphatic heterocycles. The van der Waals surface area contributed by atoms with Gasteiger partial charge in [-0.15, -0.1) is 0 Å². The van der Waals surface area contributed by atoms with Gasteiger partial charge in [0.25, 0.3) is 0 Å². The molecule has 5 heteroatoms. The molecular weight excluding hydrogens is 290 g/mol. The van der Waals surface area contributed by atoms with Crippen molar-refractivity contribution < 1.29 is 10.2 Å². The lowest BCUT2D eigenvalue weighted by atomic mass is 9.89. The number of aromatic nitrogens is 1. The van der Waals surface area contributed by atoms with E-state index in [-0.39, 0.29) is 17.0 Å². The Balaban J connectivity index is 1.87. The fourth-order valence-electron chi connectivity index (χ4n) is 3.84. The van der Waals surface area contributed by atoms with Gasteiger partial charge in [-0.3, -0.25) is 4.98 Å². The summed E-state index contributed by atoms with van der Waals surface area (Å²) in [5.74, 6) is -0.197. The molecule has 0 spiro atoms. The predicted octanol–water partition coefficient (Wildman–Crippen LogP) is 2.69. The van der Waals surface area contributed by atoms with Gasteiger partial charge < -0.3 is 20.8 Å². The minimum atomic E-state index is -0.109. The summed E-state index contributed by atoms with van der Waals surface area (Å²) in [6.45, 7) is 4.29. The van der Waals surface area contributed by atoms with E-state index in [4.69, 9.17) is 4.98 Å². The van der Waals surface area contributed by atoms with Gasteiger partial charge in [0.2, 0.25) is 0 Å². The van der Waals surface area contributed by atoms with Crippen molar-refractivity contribution in [1.82, 2.24) is 10.3 Å². The molecule has 1 saturated heterocycles. The zero-order valence-electron chi connectivity index (χ0n) is 13.4. The van der Waals surface area contributed by atoms with E-state index in [0.29, 0.717) is 0 Å². The lowest BCUT2D eigenvalue weighted by Gasteiger charge is -2.37. The number of benzene rings is 1. The van der Waals surface area contributed by atoms with Crippen molar-refractivity contribution in [3.8, 4) is 11.5 Å². The van der Waals surface area contributed by atoms with E-state index in [1.807, 2.05) is 0 Å². The zero-order valence-corrected chi connectivity index (χ0v) is 13.4. The summed E-state index contributed by atoms with van der Waals surface area (Å²) in [4.78, 5) is 4.71. The van der Waals surface area contributed by atoms with Crippen LogP contribution in [0.15, 0.2) is 12.1 Å². The number of phenols is 2. The highest BCUT2D eigenvalue weighted by Gasteiger charge is 2.30. The number of rotatable bonds is 2. The second-order valence-electron chi connectivity index (χ2n) is 7.06. The van der Waals surface area contributed by atoms with Crippen LogP contribution in [0.1, 0.15) is 37.4 Å². The molecule has 4 N–H and O–H groups in total. The number of nitrogens with one attached hydrogen (secondary N) is 2. The number of fused-ring (bicyclic) bond motifs is 2. The molecule has 0 atom stereocenters. The molecule has 23 heavy (non-hydrogen) atoms. The normalized spacial score (nSPS) is 19.7. The number of hydrogen-bond donors (Lipinski definition) is 4. The van der Waals surface area contributed by atoms with E-state index in [1.54, 1.807) is 12.1 Å². The van der Waals surface area contributed by atoms with Crippen molar-refractivity contribution in [3.63, 3.8) is 0 Å². The van der Waals surface area contributed by atoms with Crippen LogP contribution in [0.5, 0.6) is 11.5 Å². The highest BCUT2D eigenvalue weighted by Crippen LogP contribution is 2.40. The van der Waals surface area contributed by atoms with Crippen molar-refractivity contribution in [1.29, 1.82) is 0 Å². The van der Waals surface area contributed by atoms with Crippen LogP contribution < -0.4 is 10.6 Å². The van der Waals surface area contributed by atoms with Gasteiger partial charge in [-0.2, -0.15) is 0 Å². The molecule has 122 valence electrons. The van der Waals surface area contributed by atoms with E-state index in [1.165, 1.54) is 5.56 Å². The van der Waals surface area contributed by atoms with Crippen LogP contribution in [-0.4, -0.2) is 33.8 Å². The van der Waals surface area contributed by atoms with Crippen LogP contribution in [0.4, 0.5) is 5.69 Å². The average Bonchev–Trinajstić information content (AvgIpc) is 2.98. The first-order valence-electron chi connectivity index (χ1n) is 8.42. The van der Waals surface area contributed by atoms with Crippen LogP contribution in [0.25, 0.3) is 10.9 Å². The van der Waals surface area contributed by atoms with Gasteiger partial charge in [-0.1, -0.05) is 0 Å². The largest absolute Gasteiger partial charge is 0.504 e. The van der Waals surface area contributed by atoms with Gasteiger partial charge in [0, 0.05) is 28.4 Å². The first-order valence-corrected chi connectivity index (χ1v) is 8.42. The molecule has 2 aromatic rings. The third-order valence-corrected chi connectivity index (χ3v) is 5.24. The summed E-state index contributed by atoms with van der Waals surface area (Å²) in [5.41, 5.74) is 4.30. The van der Waals surface area contributed by atoms with Gasteiger partial charge >= 0.3 is 0 Å². The second kappa shape index (κ2) is 5.27. The van der Waals surface area contributed by atoms with Gasteiger partial charge in [-0.25, -0.2) is 0 Å². The fraction of sp³-hybridized carbons (Fsp3) is 0.500. The smallest absolute Gasteiger partial charge is 0.159 e. The Morgan fingerprint density at radius 2 is 1.87 bits per heavy atom. The highest BCUT2D eigenvalue weighted by atomic mass is 16.3. The SMILES string of the molecule is CC1(Nc2c3c(nc4cc(O)c(O)cc24)CCC3)CCNCC1. The number of aryl methyl sites for hydroxylation is 1. The van der Waals surface area contributed by atoms with Crippen LogP contribution in [-0.2, 0) is 12.8 Å². The number of pyridine rings is 1. The molecule has 5 nitrogen and oxygen atoms in total. The van der Waals surface area contributed by atoms with Gasteiger partial charge in [0.1, 0.15) is 0 Å². The topological polar surface area (TPSA) is 77.4 Å². The molecule has 0 radical (unpaired) electrons. The third kappa shape index (κ3) is 2.49. The Bertz CT molecular complexity index is 767. The lowest BCUT2D eigenvalue weighted by Crippen LogP contribution is -2.45. The Morgan fingerprint density at radius 1 is 1.13 bits per heavy atom. The maximum absolute atomic E-state index is 9.94. The van der Waals surface area contributed by atoms with Crippen molar-refractivity contribution in [2.24, 2.45) is 0 Å². The first-order chi connectivity index (χ1) is 11.1. The standard InChI is InChI=1S/C18H23N3O2/c1-18(5-7-19-8-6-18)21-17-11-3-2-4-13(11)20-14-10-16(23)15(22)9-12(14)17/h9-10,19,22-23H,2-8H2,1H3,(H,20,21). The highest BCUT2D eigenvalue weighted by molar-refractivity contribution is 5.96. The summed E-state index contributed by atoms with van der Waals surface area (Å²) in [7, 11) is 0. The zero-order chi connectivity index (χ0) is 16.0. The third-order valence-electron chi connectivity index (χ3n) is 5.24. The van der Waals surface area contributed by atoms with E-state index < -0.39 is 0 Å². The fourth-order valence-corrected chi connectivity index (χ4v) is 3.84. The first kappa shape index (κ1) is 14.6. The maximum atomic E-state index is 9.94. The molecule has 1 aromatic heterocycles. The Morgan fingerprint density at radius 3 is 2.65 bits per heavy atom. The molecule has 0 amide bonds. The Hall–Kier alpha value is -2.01. The molecule has 0 unspecified atom stereocenters.